The first kappa shape index (κ1) is 24.3. The molecule has 1 aliphatic heterocycles. The molecule has 1 radical (unpaired) electrons. The lowest BCUT2D eigenvalue weighted by Gasteiger charge is -2.40. The minimum atomic E-state index is -1.37. The van der Waals surface area contributed by atoms with Crippen LogP contribution in [-0.2, 0) is 11.2 Å². The molecule has 5 heteroatoms. The highest BCUT2D eigenvalue weighted by atomic mass is 16.5. The molecule has 1 saturated heterocycles. The predicted octanol–water partition coefficient (Wildman–Crippen LogP) is 3.50. The predicted molar refractivity (Wildman–Crippen MR) is 114 cm³/mol. The van der Waals surface area contributed by atoms with E-state index in [1.807, 2.05) is 24.3 Å². The van der Waals surface area contributed by atoms with Crippen molar-refractivity contribution in [2.24, 2.45) is 0 Å². The molecule has 4 atom stereocenters. The maximum atomic E-state index is 10.4. The third-order valence-electron chi connectivity index (χ3n) is 5.86. The lowest BCUT2D eigenvalue weighted by Crippen LogP contribution is -2.55. The smallest absolute Gasteiger partial charge is 0.158 e. The van der Waals surface area contributed by atoms with Gasteiger partial charge < -0.3 is 25.2 Å². The molecule has 29 heavy (non-hydrogen) atoms. The molecule has 0 aromatic heterocycles. The fourth-order valence-corrected chi connectivity index (χ4v) is 4.01. The summed E-state index contributed by atoms with van der Waals surface area (Å²) in [7, 11) is 0. The fourth-order valence-electron chi connectivity index (χ4n) is 4.01. The molecule has 0 amide bonds. The van der Waals surface area contributed by atoms with Crippen molar-refractivity contribution in [2.45, 2.75) is 102 Å². The minimum Gasteiger partial charge on any atom is -0.394 e. The molecule has 0 unspecified atom stereocenters. The Hall–Kier alpha value is -0.980. The Labute approximate surface area is 175 Å². The van der Waals surface area contributed by atoms with Crippen LogP contribution in [0.5, 0.6) is 0 Å². The molecular formula is C24H39O5. The maximum absolute atomic E-state index is 10.4. The van der Waals surface area contributed by atoms with Crippen LogP contribution < -0.4 is 0 Å². The van der Waals surface area contributed by atoms with Gasteiger partial charge in [0.15, 0.2) is 6.10 Å². The van der Waals surface area contributed by atoms with Gasteiger partial charge in [0, 0.05) is 0 Å². The molecule has 2 rings (SSSR count). The van der Waals surface area contributed by atoms with Crippen molar-refractivity contribution in [3.05, 3.63) is 41.5 Å². The zero-order chi connectivity index (χ0) is 21.1. The van der Waals surface area contributed by atoms with Crippen molar-refractivity contribution >= 4 is 0 Å². The van der Waals surface area contributed by atoms with Gasteiger partial charge >= 0.3 is 0 Å². The molecule has 0 saturated carbocycles. The molecule has 1 fully saturated rings. The van der Waals surface area contributed by atoms with E-state index in [0.29, 0.717) is 0 Å². The van der Waals surface area contributed by atoms with E-state index in [9.17, 15) is 20.4 Å². The first-order valence-electron chi connectivity index (χ1n) is 11.4. The van der Waals surface area contributed by atoms with Crippen molar-refractivity contribution in [3.8, 4) is 0 Å². The third kappa shape index (κ3) is 7.34. The van der Waals surface area contributed by atoms with Crippen LogP contribution in [0, 0.1) is 6.10 Å². The van der Waals surface area contributed by atoms with E-state index in [4.69, 9.17) is 4.74 Å². The van der Waals surface area contributed by atoms with E-state index >= 15 is 0 Å². The normalized spacial score (nSPS) is 25.4. The van der Waals surface area contributed by atoms with Crippen LogP contribution in [0.25, 0.3) is 0 Å². The summed E-state index contributed by atoms with van der Waals surface area (Å²) in [6.07, 6.45) is 8.97. The Bertz CT molecular complexity index is 562. The highest BCUT2D eigenvalue weighted by molar-refractivity contribution is 5.39. The van der Waals surface area contributed by atoms with Crippen LogP contribution in [0.3, 0.4) is 0 Å². The lowest BCUT2D eigenvalue weighted by molar-refractivity contribution is -0.184. The molecule has 0 spiro atoms. The van der Waals surface area contributed by atoms with Gasteiger partial charge in [-0.05, 0) is 24.0 Å². The van der Waals surface area contributed by atoms with Gasteiger partial charge in [0.1, 0.15) is 24.4 Å². The molecule has 1 aliphatic rings. The Morgan fingerprint density at radius 2 is 1.38 bits per heavy atom. The van der Waals surface area contributed by atoms with Crippen molar-refractivity contribution in [3.63, 3.8) is 0 Å². The standard InChI is InChI=1S/C24H39O5/c1-2-3-4-5-6-7-8-9-10-11-14-18-15-12-13-16-19(18)24-23(28)22(27)21(26)20(17-25)29-24/h12-13,15-16,20-23,25-28H,2-11,14,17H2,1H3/t20-,21-,22+,23-/m1/s1. The molecule has 1 aromatic rings. The number of ether oxygens (including phenoxy) is 1. The van der Waals surface area contributed by atoms with Gasteiger partial charge in [-0.25, -0.2) is 0 Å². The summed E-state index contributed by atoms with van der Waals surface area (Å²) in [5.74, 6) is 0. The Balaban J connectivity index is 1.80. The summed E-state index contributed by atoms with van der Waals surface area (Å²) in [5, 5.41) is 39.9. The van der Waals surface area contributed by atoms with Gasteiger partial charge in [-0.1, -0.05) is 89.0 Å². The number of aliphatic hydroxyl groups excluding tert-OH is 4. The highest BCUT2D eigenvalue weighted by Crippen LogP contribution is 2.33. The van der Waals surface area contributed by atoms with Crippen molar-refractivity contribution in [1.29, 1.82) is 0 Å². The number of unbranched alkanes of at least 4 members (excludes halogenated alkanes) is 9. The largest absolute Gasteiger partial charge is 0.394 e. The zero-order valence-electron chi connectivity index (χ0n) is 17.8. The van der Waals surface area contributed by atoms with E-state index < -0.39 is 31.0 Å². The summed E-state index contributed by atoms with van der Waals surface area (Å²) < 4.78 is 5.66. The topological polar surface area (TPSA) is 90.2 Å². The molecule has 0 aliphatic carbocycles. The number of aryl methyl sites for hydroxylation is 1. The second-order valence-corrected chi connectivity index (χ2v) is 8.22. The van der Waals surface area contributed by atoms with Gasteiger partial charge in [-0.3, -0.25) is 0 Å². The quantitative estimate of drug-likeness (QED) is 0.376. The van der Waals surface area contributed by atoms with Crippen LogP contribution in [0.4, 0.5) is 0 Å². The molecule has 1 heterocycles. The van der Waals surface area contributed by atoms with Crippen molar-refractivity contribution in [2.75, 3.05) is 6.61 Å². The van der Waals surface area contributed by atoms with Crippen LogP contribution in [-0.4, -0.2) is 51.4 Å². The number of benzene rings is 1. The van der Waals surface area contributed by atoms with Crippen molar-refractivity contribution in [1.82, 2.24) is 0 Å². The van der Waals surface area contributed by atoms with Crippen LogP contribution in [0.2, 0.25) is 0 Å². The minimum absolute atomic E-state index is 0.240. The lowest BCUT2D eigenvalue weighted by atomic mass is 9.88. The average molecular weight is 408 g/mol. The Morgan fingerprint density at radius 3 is 2.00 bits per heavy atom. The highest BCUT2D eigenvalue weighted by Gasteiger charge is 2.45. The summed E-state index contributed by atoms with van der Waals surface area (Å²) >= 11 is 0. The fraction of sp³-hybridized carbons (Fsp3) is 0.708. The Morgan fingerprint density at radius 1 is 0.793 bits per heavy atom. The first-order chi connectivity index (χ1) is 14.1. The summed E-state index contributed by atoms with van der Waals surface area (Å²) in [4.78, 5) is 0. The van der Waals surface area contributed by atoms with Crippen LogP contribution in [0.1, 0.15) is 82.3 Å². The van der Waals surface area contributed by atoms with E-state index in [1.165, 1.54) is 57.8 Å². The first-order valence-corrected chi connectivity index (χ1v) is 11.4. The number of hydrogen-bond acceptors (Lipinski definition) is 5. The summed E-state index contributed by atoms with van der Waals surface area (Å²) in [6, 6.07) is 7.70. The molecule has 1 aromatic carbocycles. The van der Waals surface area contributed by atoms with Gasteiger partial charge in [0.25, 0.3) is 0 Å². The number of rotatable bonds is 13. The van der Waals surface area contributed by atoms with Crippen LogP contribution in [0.15, 0.2) is 24.3 Å². The summed E-state index contributed by atoms with van der Waals surface area (Å²) in [5.41, 5.74) is 1.81. The van der Waals surface area contributed by atoms with Crippen LogP contribution >= 0.6 is 0 Å². The zero-order valence-corrected chi connectivity index (χ0v) is 17.8. The van der Waals surface area contributed by atoms with Gasteiger partial charge in [-0.2, -0.15) is 0 Å². The summed E-state index contributed by atoms with van der Waals surface area (Å²) in [6.45, 7) is 1.82. The van der Waals surface area contributed by atoms with E-state index in [0.717, 1.165) is 24.0 Å². The molecule has 5 nitrogen and oxygen atoms in total. The van der Waals surface area contributed by atoms with Crippen molar-refractivity contribution < 1.29 is 25.2 Å². The number of hydrogen-bond donors (Lipinski definition) is 4. The van der Waals surface area contributed by atoms with E-state index in [-0.39, 0.29) is 6.10 Å². The molecular weight excluding hydrogens is 368 g/mol. The monoisotopic (exact) mass is 407 g/mol. The van der Waals surface area contributed by atoms with Gasteiger partial charge in [-0.15, -0.1) is 0 Å². The average Bonchev–Trinajstić information content (AvgIpc) is 2.74. The molecule has 4 N–H and O–H groups in total. The SMILES string of the molecule is CCCCCCCCCCCCc1ccccc1[C]1O[C@H](CO)[C@@H](O)[C@H](O)[C@H]1O. The Kier molecular flexibility index (Phi) is 11.2. The van der Waals surface area contributed by atoms with E-state index in [2.05, 4.69) is 6.92 Å². The molecule has 0 bridgehead atoms. The second-order valence-electron chi connectivity index (χ2n) is 8.22. The third-order valence-corrected chi connectivity index (χ3v) is 5.86. The van der Waals surface area contributed by atoms with E-state index in [1.54, 1.807) is 0 Å². The van der Waals surface area contributed by atoms with Gasteiger partial charge in [0.2, 0.25) is 0 Å². The second kappa shape index (κ2) is 13.3. The maximum Gasteiger partial charge on any atom is 0.158 e. The van der Waals surface area contributed by atoms with Gasteiger partial charge in [0.05, 0.1) is 6.61 Å². The number of aliphatic hydroxyl groups is 4. The molecule has 165 valence electrons.